The second-order valence-corrected chi connectivity index (χ2v) is 8.74. The highest BCUT2D eigenvalue weighted by atomic mass is 32.2. The summed E-state index contributed by atoms with van der Waals surface area (Å²) in [6.45, 7) is 3.33. The first-order valence-electron chi connectivity index (χ1n) is 11.2. The van der Waals surface area contributed by atoms with E-state index in [1.165, 1.54) is 32.0 Å². The van der Waals surface area contributed by atoms with Crippen LogP contribution in [0, 0.1) is 6.92 Å². The summed E-state index contributed by atoms with van der Waals surface area (Å²) in [5.41, 5.74) is 6.04. The Morgan fingerprint density at radius 1 is 1.05 bits per heavy atom. The molecule has 0 saturated heterocycles. The molecule has 4 aromatic rings. The highest BCUT2D eigenvalue weighted by Crippen LogP contribution is 2.29. The number of thioether (sulfide) groups is 1. The Morgan fingerprint density at radius 2 is 1.81 bits per heavy atom. The minimum atomic E-state index is -0.449. The van der Waals surface area contributed by atoms with Gasteiger partial charge in [-0.15, -0.1) is 10.2 Å². The number of hydrogen-bond donors (Lipinski definition) is 1. The maximum absolute atomic E-state index is 12.5. The summed E-state index contributed by atoms with van der Waals surface area (Å²) >= 11 is 1.25. The Balaban J connectivity index is 1.45. The van der Waals surface area contributed by atoms with E-state index >= 15 is 0 Å². The molecular formula is C26H24N6O4S. The van der Waals surface area contributed by atoms with Crippen LogP contribution in [0.4, 0.5) is 0 Å². The normalized spacial score (nSPS) is 10.9. The zero-order chi connectivity index (χ0) is 26.2. The molecule has 0 bridgehead atoms. The number of hydrazone groups is 1. The third-order valence-corrected chi connectivity index (χ3v) is 5.97. The summed E-state index contributed by atoms with van der Waals surface area (Å²) < 4.78 is 12.2. The van der Waals surface area contributed by atoms with Gasteiger partial charge in [-0.2, -0.15) is 5.10 Å². The van der Waals surface area contributed by atoms with Crippen molar-refractivity contribution in [3.8, 4) is 28.6 Å². The van der Waals surface area contributed by atoms with Crippen LogP contribution in [-0.2, 0) is 9.59 Å². The van der Waals surface area contributed by atoms with Gasteiger partial charge in [-0.05, 0) is 55.0 Å². The van der Waals surface area contributed by atoms with Gasteiger partial charge in [0.2, 0.25) is 0 Å². The van der Waals surface area contributed by atoms with Gasteiger partial charge in [0.15, 0.2) is 22.5 Å². The van der Waals surface area contributed by atoms with Gasteiger partial charge in [0, 0.05) is 30.6 Å². The van der Waals surface area contributed by atoms with Crippen molar-refractivity contribution in [3.05, 3.63) is 78.1 Å². The number of ether oxygens (including phenoxy) is 2. The summed E-state index contributed by atoms with van der Waals surface area (Å²) in [4.78, 5) is 27.8. The van der Waals surface area contributed by atoms with Gasteiger partial charge < -0.3 is 9.47 Å². The van der Waals surface area contributed by atoms with Crippen LogP contribution in [0.25, 0.3) is 17.1 Å². The Kier molecular flexibility index (Phi) is 8.26. The molecule has 0 fully saturated rings. The molecule has 0 saturated carbocycles. The van der Waals surface area contributed by atoms with E-state index in [4.69, 9.17) is 9.47 Å². The molecule has 0 unspecified atom stereocenters. The lowest BCUT2D eigenvalue weighted by Gasteiger charge is -2.10. The first-order chi connectivity index (χ1) is 17.9. The SMILES string of the molecule is COc1cc(/C=N\NC(=O)CSc2nnc(-c3ccncc3)n2-c2ccc(C)cc2)ccc1OC(C)=O. The highest BCUT2D eigenvalue weighted by molar-refractivity contribution is 7.99. The average molecular weight is 517 g/mol. The molecule has 0 atom stereocenters. The van der Waals surface area contributed by atoms with Gasteiger partial charge in [0.05, 0.1) is 19.1 Å². The Morgan fingerprint density at radius 3 is 2.51 bits per heavy atom. The monoisotopic (exact) mass is 516 g/mol. The topological polar surface area (TPSA) is 121 Å². The molecule has 0 radical (unpaired) electrons. The Labute approximate surface area is 217 Å². The van der Waals surface area contributed by atoms with Crippen LogP contribution in [0.1, 0.15) is 18.1 Å². The number of carbonyl (C=O) groups is 2. The van der Waals surface area contributed by atoms with Crippen LogP contribution in [0.2, 0.25) is 0 Å². The van der Waals surface area contributed by atoms with E-state index in [1.54, 1.807) is 30.6 Å². The molecule has 0 aliphatic rings. The minimum absolute atomic E-state index is 0.0758. The molecule has 0 spiro atoms. The maximum atomic E-state index is 12.5. The quantitative estimate of drug-likeness (QED) is 0.117. The van der Waals surface area contributed by atoms with Crippen LogP contribution in [0.3, 0.4) is 0 Å². The van der Waals surface area contributed by atoms with E-state index in [0.29, 0.717) is 28.0 Å². The van der Waals surface area contributed by atoms with E-state index in [1.807, 2.05) is 47.9 Å². The van der Waals surface area contributed by atoms with Crippen molar-refractivity contribution in [1.82, 2.24) is 25.2 Å². The molecule has 10 nitrogen and oxygen atoms in total. The molecule has 0 aliphatic heterocycles. The molecule has 2 heterocycles. The lowest BCUT2D eigenvalue weighted by atomic mass is 10.2. The van der Waals surface area contributed by atoms with E-state index in [9.17, 15) is 9.59 Å². The van der Waals surface area contributed by atoms with E-state index in [2.05, 4.69) is 25.7 Å². The number of aryl methyl sites for hydroxylation is 1. The van der Waals surface area contributed by atoms with Crippen LogP contribution in [-0.4, -0.2) is 50.7 Å². The van der Waals surface area contributed by atoms with Gasteiger partial charge in [-0.25, -0.2) is 5.43 Å². The third kappa shape index (κ3) is 6.58. The molecule has 4 rings (SSSR count). The van der Waals surface area contributed by atoms with Gasteiger partial charge >= 0.3 is 5.97 Å². The maximum Gasteiger partial charge on any atom is 0.308 e. The van der Waals surface area contributed by atoms with Gasteiger partial charge in [-0.3, -0.25) is 19.1 Å². The van der Waals surface area contributed by atoms with Crippen LogP contribution >= 0.6 is 11.8 Å². The molecule has 1 amide bonds. The van der Waals surface area contributed by atoms with Crippen molar-refractivity contribution in [1.29, 1.82) is 0 Å². The van der Waals surface area contributed by atoms with Crippen molar-refractivity contribution in [2.75, 3.05) is 12.9 Å². The number of rotatable bonds is 9. The zero-order valence-electron chi connectivity index (χ0n) is 20.4. The second-order valence-electron chi connectivity index (χ2n) is 7.80. The fourth-order valence-corrected chi connectivity index (χ4v) is 4.07. The number of hydrogen-bond acceptors (Lipinski definition) is 9. The molecular weight excluding hydrogens is 492 g/mol. The highest BCUT2D eigenvalue weighted by Gasteiger charge is 2.17. The fraction of sp³-hybridized carbons (Fsp3) is 0.154. The first-order valence-corrected chi connectivity index (χ1v) is 12.2. The predicted octanol–water partition coefficient (Wildman–Crippen LogP) is 3.81. The number of aromatic nitrogens is 4. The van der Waals surface area contributed by atoms with Crippen molar-refractivity contribution in [2.45, 2.75) is 19.0 Å². The Bertz CT molecular complexity index is 1420. The number of nitrogens with one attached hydrogen (secondary N) is 1. The van der Waals surface area contributed by atoms with Crippen molar-refractivity contribution in [2.24, 2.45) is 5.10 Å². The summed E-state index contributed by atoms with van der Waals surface area (Å²) in [5.74, 6) is 0.646. The average Bonchev–Trinajstić information content (AvgIpc) is 3.33. The third-order valence-electron chi connectivity index (χ3n) is 5.04. The van der Waals surface area contributed by atoms with Gasteiger partial charge in [-0.1, -0.05) is 29.5 Å². The number of carbonyl (C=O) groups excluding carboxylic acids is 2. The molecule has 2 aromatic heterocycles. The van der Waals surface area contributed by atoms with Crippen LogP contribution < -0.4 is 14.9 Å². The lowest BCUT2D eigenvalue weighted by Crippen LogP contribution is -2.20. The van der Waals surface area contributed by atoms with Crippen molar-refractivity contribution in [3.63, 3.8) is 0 Å². The van der Waals surface area contributed by atoms with Crippen LogP contribution in [0.5, 0.6) is 11.5 Å². The lowest BCUT2D eigenvalue weighted by molar-refractivity contribution is -0.132. The minimum Gasteiger partial charge on any atom is -0.493 e. The summed E-state index contributed by atoms with van der Waals surface area (Å²) in [6.07, 6.45) is 4.86. The molecule has 1 N–H and O–H groups in total. The molecule has 37 heavy (non-hydrogen) atoms. The Hall–Kier alpha value is -4.51. The van der Waals surface area contributed by atoms with Crippen LogP contribution in [0.15, 0.2) is 77.2 Å². The number of esters is 1. The first kappa shape index (κ1) is 25.6. The molecule has 11 heteroatoms. The smallest absolute Gasteiger partial charge is 0.308 e. The van der Waals surface area contributed by atoms with Gasteiger partial charge in [0.1, 0.15) is 0 Å². The van der Waals surface area contributed by atoms with Crippen molar-refractivity contribution < 1.29 is 19.1 Å². The van der Waals surface area contributed by atoms with Crippen molar-refractivity contribution >= 4 is 29.9 Å². The standard InChI is InChI=1S/C26H24N6O4S/c1-17-4-7-21(8-5-17)32-25(20-10-12-27-13-11-20)30-31-26(32)37-16-24(34)29-28-15-19-6-9-22(36-18(2)33)23(14-19)35-3/h4-15H,16H2,1-3H3,(H,29,34)/b28-15-. The number of nitrogens with zero attached hydrogens (tertiary/aromatic N) is 5. The summed E-state index contributed by atoms with van der Waals surface area (Å²) in [5, 5.41) is 13.3. The predicted molar refractivity (Wildman–Crippen MR) is 140 cm³/mol. The zero-order valence-corrected chi connectivity index (χ0v) is 21.2. The largest absolute Gasteiger partial charge is 0.493 e. The van der Waals surface area contributed by atoms with Gasteiger partial charge in [0.25, 0.3) is 5.91 Å². The fourth-order valence-electron chi connectivity index (χ4n) is 3.32. The summed E-state index contributed by atoms with van der Waals surface area (Å²) in [7, 11) is 1.47. The molecule has 188 valence electrons. The number of amides is 1. The van der Waals surface area contributed by atoms with E-state index < -0.39 is 5.97 Å². The van der Waals surface area contributed by atoms with E-state index in [-0.39, 0.29) is 11.7 Å². The van der Waals surface area contributed by atoms with E-state index in [0.717, 1.165) is 16.8 Å². The molecule has 0 aliphatic carbocycles. The number of benzene rings is 2. The summed E-state index contributed by atoms with van der Waals surface area (Å²) in [6, 6.07) is 16.6. The number of pyridine rings is 1. The molecule has 2 aromatic carbocycles. The second kappa shape index (κ2) is 12.0. The number of methoxy groups -OCH3 is 1.